The molecule has 4 atom stereocenters. The van der Waals surface area contributed by atoms with Crippen molar-refractivity contribution in [2.24, 2.45) is 11.7 Å². The van der Waals surface area contributed by atoms with E-state index in [1.165, 1.54) is 0 Å². The van der Waals surface area contributed by atoms with Gasteiger partial charge >= 0.3 is 11.9 Å². The second-order valence-electron chi connectivity index (χ2n) is 8.56. The normalized spacial score (nSPS) is 14.3. The van der Waals surface area contributed by atoms with Gasteiger partial charge < -0.3 is 31.9 Å². The third kappa shape index (κ3) is 11.2. The lowest BCUT2D eigenvalue weighted by Crippen LogP contribution is -2.58. The predicted octanol–water partition coefficient (Wildman–Crippen LogP) is -0.0639. The molecule has 4 unspecified atom stereocenters. The number of nitrogens with two attached hydrogens (primary N) is 1. The maximum absolute atomic E-state index is 12.9. The van der Waals surface area contributed by atoms with Crippen LogP contribution in [0.4, 0.5) is 0 Å². The van der Waals surface area contributed by atoms with Gasteiger partial charge in [-0.15, -0.1) is 0 Å². The minimum Gasteiger partial charge on any atom is -0.481 e. The van der Waals surface area contributed by atoms with E-state index in [0.717, 1.165) is 5.56 Å². The van der Waals surface area contributed by atoms with Crippen molar-refractivity contribution in [1.29, 1.82) is 0 Å². The number of benzene rings is 1. The lowest BCUT2D eigenvalue weighted by molar-refractivity contribution is -0.142. The molecule has 0 radical (unpaired) electrons. The van der Waals surface area contributed by atoms with Gasteiger partial charge in [0.2, 0.25) is 17.7 Å². The zero-order valence-corrected chi connectivity index (χ0v) is 20.7. The Bertz CT molecular complexity index is 882. The zero-order chi connectivity index (χ0) is 26.5. The molecule has 12 heteroatoms. The third-order valence-corrected chi connectivity index (χ3v) is 5.42. The Kier molecular flexibility index (Phi) is 12.8. The molecule has 3 amide bonds. The highest BCUT2D eigenvalue weighted by atomic mass is 32.1. The highest BCUT2D eigenvalue weighted by molar-refractivity contribution is 7.80. The maximum Gasteiger partial charge on any atom is 0.326 e. The summed E-state index contributed by atoms with van der Waals surface area (Å²) in [4.78, 5) is 60.4. The van der Waals surface area contributed by atoms with Gasteiger partial charge in [0.1, 0.15) is 18.1 Å². The molecule has 11 nitrogen and oxygen atoms in total. The summed E-state index contributed by atoms with van der Waals surface area (Å²) in [6.07, 6.45) is -0.135. The SMILES string of the molecule is CC(C)CC(NC(=O)C(CS)NC(=O)C(N)CCC(=O)O)C(=O)NC(Cc1ccccc1)C(=O)O. The molecular formula is C23H34N4O7S. The second kappa shape index (κ2) is 15.0. The number of carbonyl (C=O) groups is 5. The molecule has 1 aromatic carbocycles. The molecule has 35 heavy (non-hydrogen) atoms. The van der Waals surface area contributed by atoms with E-state index in [9.17, 15) is 29.1 Å². The molecule has 0 fully saturated rings. The molecule has 0 aliphatic carbocycles. The van der Waals surface area contributed by atoms with Gasteiger partial charge in [-0.2, -0.15) is 12.6 Å². The number of rotatable bonds is 15. The van der Waals surface area contributed by atoms with E-state index >= 15 is 0 Å². The summed E-state index contributed by atoms with van der Waals surface area (Å²) < 4.78 is 0. The summed E-state index contributed by atoms with van der Waals surface area (Å²) in [6.45, 7) is 3.68. The van der Waals surface area contributed by atoms with Gasteiger partial charge in [-0.05, 0) is 24.3 Å². The summed E-state index contributed by atoms with van der Waals surface area (Å²) in [7, 11) is 0. The van der Waals surface area contributed by atoms with E-state index in [4.69, 9.17) is 10.8 Å². The van der Waals surface area contributed by atoms with E-state index in [-0.39, 0.29) is 37.4 Å². The molecule has 0 aromatic heterocycles. The van der Waals surface area contributed by atoms with Crippen molar-refractivity contribution in [1.82, 2.24) is 16.0 Å². The molecule has 0 aliphatic rings. The van der Waals surface area contributed by atoms with Crippen molar-refractivity contribution in [3.8, 4) is 0 Å². The molecule has 1 rings (SSSR count). The van der Waals surface area contributed by atoms with Crippen molar-refractivity contribution >= 4 is 42.3 Å². The molecule has 194 valence electrons. The van der Waals surface area contributed by atoms with Crippen LogP contribution in [0, 0.1) is 5.92 Å². The number of hydrogen-bond donors (Lipinski definition) is 7. The number of thiol groups is 1. The summed E-state index contributed by atoms with van der Waals surface area (Å²) in [5, 5.41) is 25.8. The molecule has 0 heterocycles. The number of carbonyl (C=O) groups excluding carboxylic acids is 3. The maximum atomic E-state index is 12.9. The molecule has 0 saturated heterocycles. The van der Waals surface area contributed by atoms with Gasteiger partial charge in [-0.3, -0.25) is 19.2 Å². The van der Waals surface area contributed by atoms with Gasteiger partial charge in [0, 0.05) is 18.6 Å². The standard InChI is InChI=1S/C23H34N4O7S/c1-13(2)10-16(21(31)26-17(23(33)34)11-14-6-4-3-5-7-14)25-22(32)18(12-35)27-20(30)15(24)8-9-19(28)29/h3-7,13,15-18,35H,8-12,24H2,1-2H3,(H,25,32)(H,26,31)(H,27,30)(H,28,29)(H,33,34). The molecule has 0 bridgehead atoms. The van der Waals surface area contributed by atoms with Gasteiger partial charge in [-0.25, -0.2) is 4.79 Å². The van der Waals surface area contributed by atoms with Crippen molar-refractivity contribution in [3.63, 3.8) is 0 Å². The first-order valence-corrected chi connectivity index (χ1v) is 11.8. The molecule has 1 aromatic rings. The lowest BCUT2D eigenvalue weighted by atomic mass is 10.0. The van der Waals surface area contributed by atoms with Crippen molar-refractivity contribution in [3.05, 3.63) is 35.9 Å². The minimum absolute atomic E-state index is 0.0167. The lowest BCUT2D eigenvalue weighted by Gasteiger charge is -2.25. The van der Waals surface area contributed by atoms with Crippen LogP contribution < -0.4 is 21.7 Å². The Balaban J connectivity index is 2.87. The fourth-order valence-corrected chi connectivity index (χ4v) is 3.44. The topological polar surface area (TPSA) is 188 Å². The van der Waals surface area contributed by atoms with Crippen LogP contribution in [0.5, 0.6) is 0 Å². The van der Waals surface area contributed by atoms with Crippen molar-refractivity contribution < 1.29 is 34.2 Å². The first-order chi connectivity index (χ1) is 16.4. The first-order valence-electron chi connectivity index (χ1n) is 11.2. The Morgan fingerprint density at radius 1 is 0.886 bits per heavy atom. The number of carboxylic acids is 2. The summed E-state index contributed by atoms with van der Waals surface area (Å²) in [5.74, 6) is -4.53. The largest absolute Gasteiger partial charge is 0.481 e. The quantitative estimate of drug-likeness (QED) is 0.160. The Morgan fingerprint density at radius 3 is 1.94 bits per heavy atom. The van der Waals surface area contributed by atoms with Crippen LogP contribution in [-0.2, 0) is 30.4 Å². The molecule has 0 spiro atoms. The van der Waals surface area contributed by atoms with Gasteiger partial charge in [0.05, 0.1) is 6.04 Å². The number of hydrogen-bond acceptors (Lipinski definition) is 7. The fraction of sp³-hybridized carbons (Fsp3) is 0.522. The summed E-state index contributed by atoms with van der Waals surface area (Å²) in [5.41, 5.74) is 6.40. The van der Waals surface area contributed by atoms with E-state index in [1.54, 1.807) is 30.3 Å². The summed E-state index contributed by atoms with van der Waals surface area (Å²) in [6, 6.07) is 4.28. The Labute approximate surface area is 209 Å². The van der Waals surface area contributed by atoms with Crippen LogP contribution in [0.3, 0.4) is 0 Å². The van der Waals surface area contributed by atoms with E-state index in [1.807, 2.05) is 13.8 Å². The van der Waals surface area contributed by atoms with E-state index < -0.39 is 53.8 Å². The van der Waals surface area contributed by atoms with Crippen LogP contribution in [0.2, 0.25) is 0 Å². The highest BCUT2D eigenvalue weighted by Gasteiger charge is 2.30. The van der Waals surface area contributed by atoms with Gasteiger partial charge in [0.15, 0.2) is 0 Å². The Morgan fingerprint density at radius 2 is 1.43 bits per heavy atom. The van der Waals surface area contributed by atoms with E-state index in [0.29, 0.717) is 0 Å². The van der Waals surface area contributed by atoms with E-state index in [2.05, 4.69) is 28.6 Å². The van der Waals surface area contributed by atoms with Crippen LogP contribution >= 0.6 is 12.6 Å². The highest BCUT2D eigenvalue weighted by Crippen LogP contribution is 2.09. The number of nitrogens with one attached hydrogen (secondary N) is 3. The molecule has 0 saturated carbocycles. The average molecular weight is 511 g/mol. The van der Waals surface area contributed by atoms with Crippen LogP contribution in [0.15, 0.2) is 30.3 Å². The second-order valence-corrected chi connectivity index (χ2v) is 8.93. The van der Waals surface area contributed by atoms with Gasteiger partial charge in [0.25, 0.3) is 0 Å². The van der Waals surface area contributed by atoms with Gasteiger partial charge in [-0.1, -0.05) is 44.2 Å². The minimum atomic E-state index is -1.22. The average Bonchev–Trinajstić information content (AvgIpc) is 2.79. The smallest absolute Gasteiger partial charge is 0.326 e. The number of amides is 3. The first kappa shape index (κ1) is 29.9. The van der Waals surface area contributed by atoms with Crippen LogP contribution in [-0.4, -0.2) is 69.8 Å². The Hall–Kier alpha value is -3.12. The monoisotopic (exact) mass is 510 g/mol. The zero-order valence-electron chi connectivity index (χ0n) is 19.8. The molecule has 7 N–H and O–H groups in total. The van der Waals surface area contributed by atoms with Crippen molar-refractivity contribution in [2.45, 2.75) is 63.7 Å². The van der Waals surface area contributed by atoms with Crippen LogP contribution in [0.1, 0.15) is 38.7 Å². The predicted molar refractivity (Wildman–Crippen MR) is 132 cm³/mol. The number of carboxylic acid groups (broad SMARTS) is 2. The van der Waals surface area contributed by atoms with Crippen LogP contribution in [0.25, 0.3) is 0 Å². The molecule has 0 aliphatic heterocycles. The van der Waals surface area contributed by atoms with Crippen molar-refractivity contribution in [2.75, 3.05) is 5.75 Å². The molecular weight excluding hydrogens is 476 g/mol. The fourth-order valence-electron chi connectivity index (χ4n) is 3.18. The summed E-state index contributed by atoms with van der Waals surface area (Å²) >= 11 is 4.08. The number of aliphatic carboxylic acids is 2. The third-order valence-electron chi connectivity index (χ3n) is 5.06.